The summed E-state index contributed by atoms with van der Waals surface area (Å²) in [6, 6.07) is 0. The number of carbonyl (C=O) groups is 3. The number of carboxylic acid groups (broad SMARTS) is 1. The second-order valence-electron chi connectivity index (χ2n) is 14.6. The molecule has 0 saturated heterocycles. The molecular formula is C45H81NO5. The minimum Gasteiger partial charge on any atom is -0.480 e. The molecule has 0 heterocycles. The van der Waals surface area contributed by atoms with E-state index in [2.05, 4.69) is 55.6 Å². The van der Waals surface area contributed by atoms with Crippen molar-refractivity contribution < 1.29 is 24.2 Å². The molecule has 0 aromatic heterocycles. The average Bonchev–Trinajstić information content (AvgIpc) is 3.11. The Balaban J connectivity index is 4.16. The third-order valence-corrected chi connectivity index (χ3v) is 9.53. The van der Waals surface area contributed by atoms with E-state index in [0.29, 0.717) is 12.8 Å². The molecule has 51 heavy (non-hydrogen) atoms. The molecule has 1 atom stereocenters. The van der Waals surface area contributed by atoms with E-state index in [4.69, 9.17) is 9.84 Å². The van der Waals surface area contributed by atoms with Crippen LogP contribution in [0.1, 0.15) is 219 Å². The van der Waals surface area contributed by atoms with Gasteiger partial charge in [0, 0.05) is 12.8 Å². The molecule has 0 aliphatic heterocycles. The van der Waals surface area contributed by atoms with Gasteiger partial charge in [-0.2, -0.15) is 0 Å². The number of hydrogen-bond acceptors (Lipinski definition) is 4. The van der Waals surface area contributed by atoms with Gasteiger partial charge in [0.2, 0.25) is 5.91 Å². The molecule has 0 aromatic carbocycles. The first-order chi connectivity index (χ1) is 25.0. The Morgan fingerprint density at radius 2 is 0.922 bits per heavy atom. The molecule has 1 amide bonds. The van der Waals surface area contributed by atoms with Crippen LogP contribution < -0.4 is 5.32 Å². The number of allylic oxidation sites excluding steroid dienone is 6. The third kappa shape index (κ3) is 40.3. The number of ether oxygens (including phenoxy) is 1. The standard InChI is InChI=1S/C45H81NO5/c1-3-5-7-9-11-13-15-16-17-18-19-20-21-23-25-27-32-36-40-45(50)51-42(37-33-29-26-24-22-14-12-10-8-6-4-2)38-34-30-28-31-35-39-43(47)46-41-44(48)49/h13,15,17-18,24,26,42H,3-12,14,16,19-23,25,27-41H2,1-2H3,(H,46,47)(H,48,49)/b15-13-,18-17-,26-24-. The maximum atomic E-state index is 12.7. The highest BCUT2D eigenvalue weighted by Gasteiger charge is 2.14. The number of hydrogen-bond donors (Lipinski definition) is 2. The molecule has 6 nitrogen and oxygen atoms in total. The van der Waals surface area contributed by atoms with Crippen molar-refractivity contribution in [2.24, 2.45) is 0 Å². The van der Waals surface area contributed by atoms with Crippen LogP contribution in [0.2, 0.25) is 0 Å². The molecule has 2 N–H and O–H groups in total. The van der Waals surface area contributed by atoms with Gasteiger partial charge < -0.3 is 15.2 Å². The van der Waals surface area contributed by atoms with Gasteiger partial charge in [-0.05, 0) is 89.9 Å². The summed E-state index contributed by atoms with van der Waals surface area (Å²) in [7, 11) is 0. The van der Waals surface area contributed by atoms with Crippen molar-refractivity contribution in [1.82, 2.24) is 5.32 Å². The van der Waals surface area contributed by atoms with Gasteiger partial charge in [-0.1, -0.05) is 153 Å². The molecule has 0 fully saturated rings. The number of nitrogens with one attached hydrogen (secondary N) is 1. The van der Waals surface area contributed by atoms with Gasteiger partial charge in [0.1, 0.15) is 12.6 Å². The minimum atomic E-state index is -1.02. The molecule has 0 saturated carbocycles. The zero-order valence-corrected chi connectivity index (χ0v) is 33.5. The predicted octanol–water partition coefficient (Wildman–Crippen LogP) is 13.3. The first kappa shape index (κ1) is 48.6. The number of carboxylic acids is 1. The van der Waals surface area contributed by atoms with Crippen LogP contribution in [0.25, 0.3) is 0 Å². The van der Waals surface area contributed by atoms with Gasteiger partial charge in [0.05, 0.1) is 0 Å². The van der Waals surface area contributed by atoms with Crippen LogP contribution in [0, 0.1) is 0 Å². The highest BCUT2D eigenvalue weighted by atomic mass is 16.5. The van der Waals surface area contributed by atoms with E-state index < -0.39 is 5.97 Å². The molecule has 0 spiro atoms. The summed E-state index contributed by atoms with van der Waals surface area (Å²) in [4.78, 5) is 35.0. The highest BCUT2D eigenvalue weighted by molar-refractivity contribution is 5.80. The van der Waals surface area contributed by atoms with Crippen molar-refractivity contribution in [2.75, 3.05) is 6.54 Å². The number of carbonyl (C=O) groups excluding carboxylic acids is 2. The highest BCUT2D eigenvalue weighted by Crippen LogP contribution is 2.18. The lowest BCUT2D eigenvalue weighted by Gasteiger charge is -2.18. The molecule has 0 aliphatic carbocycles. The Kier molecular flexibility index (Phi) is 38.5. The van der Waals surface area contributed by atoms with E-state index in [1.165, 1.54) is 116 Å². The van der Waals surface area contributed by atoms with Crippen molar-refractivity contribution >= 4 is 17.8 Å². The number of amides is 1. The Bertz CT molecular complexity index is 880. The fourth-order valence-electron chi connectivity index (χ4n) is 6.31. The average molecular weight is 716 g/mol. The normalized spacial score (nSPS) is 12.4. The van der Waals surface area contributed by atoms with Gasteiger partial charge in [-0.15, -0.1) is 0 Å². The van der Waals surface area contributed by atoms with E-state index in [1.807, 2.05) is 0 Å². The molecule has 0 bridgehead atoms. The van der Waals surface area contributed by atoms with Crippen molar-refractivity contribution in [1.29, 1.82) is 0 Å². The maximum absolute atomic E-state index is 12.7. The SMILES string of the molecule is CCCCCC/C=C\C/C=C\CCCCCCCCCC(=O)OC(CCC/C=C\CCCCCCCC)CCCCCCCC(=O)NCC(=O)O. The summed E-state index contributed by atoms with van der Waals surface area (Å²) in [6.07, 6.45) is 49.8. The van der Waals surface area contributed by atoms with Crippen molar-refractivity contribution in [3.8, 4) is 0 Å². The lowest BCUT2D eigenvalue weighted by molar-refractivity contribution is -0.150. The number of unbranched alkanes of at least 4 members (excludes halogenated alkanes) is 22. The van der Waals surface area contributed by atoms with Gasteiger partial charge in [-0.25, -0.2) is 0 Å². The van der Waals surface area contributed by atoms with Crippen LogP contribution >= 0.6 is 0 Å². The molecule has 0 aliphatic rings. The fourth-order valence-corrected chi connectivity index (χ4v) is 6.31. The van der Waals surface area contributed by atoms with Gasteiger partial charge in [0.25, 0.3) is 0 Å². The second kappa shape index (κ2) is 40.4. The number of aliphatic carboxylic acids is 1. The second-order valence-corrected chi connectivity index (χ2v) is 14.6. The predicted molar refractivity (Wildman–Crippen MR) is 217 cm³/mol. The smallest absolute Gasteiger partial charge is 0.322 e. The van der Waals surface area contributed by atoms with Crippen molar-refractivity contribution in [3.63, 3.8) is 0 Å². The van der Waals surface area contributed by atoms with Crippen molar-refractivity contribution in [2.45, 2.75) is 225 Å². The summed E-state index contributed by atoms with van der Waals surface area (Å²) >= 11 is 0. The summed E-state index contributed by atoms with van der Waals surface area (Å²) in [5.74, 6) is -1.25. The zero-order valence-electron chi connectivity index (χ0n) is 33.5. The van der Waals surface area contributed by atoms with E-state index in [0.717, 1.165) is 77.0 Å². The van der Waals surface area contributed by atoms with E-state index in [9.17, 15) is 14.4 Å². The maximum Gasteiger partial charge on any atom is 0.322 e. The Morgan fingerprint density at radius 3 is 1.47 bits per heavy atom. The first-order valence-electron chi connectivity index (χ1n) is 21.6. The van der Waals surface area contributed by atoms with Crippen LogP contribution in [-0.2, 0) is 19.1 Å². The molecule has 1 unspecified atom stereocenters. The van der Waals surface area contributed by atoms with Crippen LogP contribution in [0.4, 0.5) is 0 Å². The number of esters is 1. The van der Waals surface area contributed by atoms with E-state index in [1.54, 1.807) is 0 Å². The zero-order chi connectivity index (χ0) is 37.3. The molecule has 296 valence electrons. The Morgan fingerprint density at radius 1 is 0.510 bits per heavy atom. The van der Waals surface area contributed by atoms with Crippen LogP contribution in [0.5, 0.6) is 0 Å². The quantitative estimate of drug-likeness (QED) is 0.0375. The van der Waals surface area contributed by atoms with Crippen LogP contribution in [0.15, 0.2) is 36.5 Å². The van der Waals surface area contributed by atoms with E-state index >= 15 is 0 Å². The molecule has 0 rings (SSSR count). The lowest BCUT2D eigenvalue weighted by Crippen LogP contribution is -2.28. The summed E-state index contributed by atoms with van der Waals surface area (Å²) in [5, 5.41) is 11.1. The summed E-state index contributed by atoms with van der Waals surface area (Å²) in [6.45, 7) is 4.20. The Hall–Kier alpha value is -2.37. The lowest BCUT2D eigenvalue weighted by atomic mass is 10.0. The summed E-state index contributed by atoms with van der Waals surface area (Å²) in [5.41, 5.74) is 0. The topological polar surface area (TPSA) is 92.7 Å². The largest absolute Gasteiger partial charge is 0.480 e. The molecular weight excluding hydrogens is 634 g/mol. The first-order valence-corrected chi connectivity index (χ1v) is 21.6. The monoisotopic (exact) mass is 716 g/mol. The van der Waals surface area contributed by atoms with Gasteiger partial charge >= 0.3 is 11.9 Å². The summed E-state index contributed by atoms with van der Waals surface area (Å²) < 4.78 is 6.01. The fraction of sp³-hybridized carbons (Fsp3) is 0.800. The van der Waals surface area contributed by atoms with Gasteiger partial charge in [-0.3, -0.25) is 14.4 Å². The number of rotatable bonds is 39. The van der Waals surface area contributed by atoms with Crippen LogP contribution in [-0.4, -0.2) is 35.6 Å². The third-order valence-electron chi connectivity index (χ3n) is 9.53. The van der Waals surface area contributed by atoms with E-state index in [-0.39, 0.29) is 24.5 Å². The van der Waals surface area contributed by atoms with Crippen LogP contribution in [0.3, 0.4) is 0 Å². The van der Waals surface area contributed by atoms with Gasteiger partial charge in [0.15, 0.2) is 0 Å². The molecule has 6 heteroatoms. The molecule has 0 radical (unpaired) electrons. The van der Waals surface area contributed by atoms with Crippen molar-refractivity contribution in [3.05, 3.63) is 36.5 Å². The molecule has 0 aromatic rings. The minimum absolute atomic E-state index is 0.00752. The Labute approximate surface area is 315 Å².